The van der Waals surface area contributed by atoms with Crippen LogP contribution in [0.5, 0.6) is 0 Å². The lowest BCUT2D eigenvalue weighted by molar-refractivity contribution is 0.202. The molecule has 1 aliphatic heterocycles. The van der Waals surface area contributed by atoms with E-state index in [9.17, 15) is 4.79 Å². The number of likely N-dealkylation sites (N-methyl/N-ethyl adjacent to an activating group) is 1. The van der Waals surface area contributed by atoms with Gasteiger partial charge in [-0.05, 0) is 60.3 Å². The first kappa shape index (κ1) is 17.0. The molecule has 1 aromatic carbocycles. The van der Waals surface area contributed by atoms with E-state index in [0.29, 0.717) is 12.6 Å². The minimum atomic E-state index is -0.0787. The average Bonchev–Trinajstić information content (AvgIpc) is 3.05. The summed E-state index contributed by atoms with van der Waals surface area (Å²) in [6, 6.07) is 11.1. The van der Waals surface area contributed by atoms with Gasteiger partial charge in [-0.1, -0.05) is 24.3 Å². The van der Waals surface area contributed by atoms with Gasteiger partial charge in [0.2, 0.25) is 0 Å². The van der Waals surface area contributed by atoms with Crippen molar-refractivity contribution in [3.8, 4) is 0 Å². The molecule has 1 aliphatic rings. The van der Waals surface area contributed by atoms with E-state index < -0.39 is 0 Å². The monoisotopic (exact) mass is 343 g/mol. The summed E-state index contributed by atoms with van der Waals surface area (Å²) in [5, 5.41) is 10.3. The fraction of sp³-hybridized carbons (Fsp3) is 0.421. The van der Waals surface area contributed by atoms with Gasteiger partial charge in [-0.2, -0.15) is 11.3 Å². The molecule has 0 aliphatic carbocycles. The summed E-state index contributed by atoms with van der Waals surface area (Å²) < 4.78 is 0. The van der Waals surface area contributed by atoms with Crippen molar-refractivity contribution >= 4 is 17.4 Å². The third-order valence-electron chi connectivity index (χ3n) is 4.61. The Morgan fingerprint density at radius 1 is 1.33 bits per heavy atom. The van der Waals surface area contributed by atoms with Gasteiger partial charge in [0.1, 0.15) is 0 Å². The Hall–Kier alpha value is -1.85. The quantitative estimate of drug-likeness (QED) is 0.876. The van der Waals surface area contributed by atoms with Crippen LogP contribution in [0.15, 0.2) is 41.1 Å². The van der Waals surface area contributed by atoms with Crippen LogP contribution in [0.4, 0.5) is 4.79 Å². The van der Waals surface area contributed by atoms with E-state index in [1.54, 1.807) is 11.3 Å². The molecular formula is C19H25N3OS. The Kier molecular flexibility index (Phi) is 5.53. The largest absolute Gasteiger partial charge is 0.337 e. The molecule has 4 nitrogen and oxygen atoms in total. The van der Waals surface area contributed by atoms with Crippen LogP contribution in [0.1, 0.15) is 23.6 Å². The van der Waals surface area contributed by atoms with Crippen LogP contribution >= 0.6 is 11.3 Å². The number of hydrogen-bond acceptors (Lipinski definition) is 3. The number of hydrogen-bond donors (Lipinski definition) is 2. The Morgan fingerprint density at radius 2 is 2.12 bits per heavy atom. The molecule has 0 bridgehead atoms. The van der Waals surface area contributed by atoms with Gasteiger partial charge in [-0.15, -0.1) is 0 Å². The summed E-state index contributed by atoms with van der Waals surface area (Å²) >= 11 is 1.69. The van der Waals surface area contributed by atoms with E-state index in [1.165, 1.54) is 16.7 Å². The highest BCUT2D eigenvalue weighted by Gasteiger charge is 2.23. The van der Waals surface area contributed by atoms with E-state index in [1.807, 2.05) is 6.92 Å². The SMILES string of the molecule is C[C@@H](Cc1ccsc1)NC(=O)NC[C@@H]1Cc2ccccc2CN1C. The van der Waals surface area contributed by atoms with Crippen LogP contribution in [0.3, 0.4) is 0 Å². The number of fused-ring (bicyclic) bond motifs is 1. The first-order valence-electron chi connectivity index (χ1n) is 8.44. The molecule has 0 fully saturated rings. The Labute approximate surface area is 147 Å². The lowest BCUT2D eigenvalue weighted by atomic mass is 9.94. The molecule has 2 aromatic rings. The van der Waals surface area contributed by atoms with E-state index in [0.717, 1.165) is 19.4 Å². The van der Waals surface area contributed by atoms with Gasteiger partial charge in [-0.3, -0.25) is 4.90 Å². The Balaban J connectivity index is 1.46. The molecule has 0 spiro atoms. The minimum Gasteiger partial charge on any atom is -0.337 e. The number of carbonyl (C=O) groups excluding carboxylic acids is 1. The molecule has 2 heterocycles. The Morgan fingerprint density at radius 3 is 2.88 bits per heavy atom. The van der Waals surface area contributed by atoms with Gasteiger partial charge < -0.3 is 10.6 Å². The third-order valence-corrected chi connectivity index (χ3v) is 5.35. The number of nitrogens with one attached hydrogen (secondary N) is 2. The normalized spacial score (nSPS) is 18.7. The van der Waals surface area contributed by atoms with Gasteiger partial charge in [-0.25, -0.2) is 4.79 Å². The third kappa shape index (κ3) is 4.36. The molecule has 5 heteroatoms. The van der Waals surface area contributed by atoms with Crippen molar-refractivity contribution in [3.63, 3.8) is 0 Å². The molecule has 0 saturated carbocycles. The molecule has 1 aromatic heterocycles. The van der Waals surface area contributed by atoms with Gasteiger partial charge in [0.25, 0.3) is 0 Å². The van der Waals surface area contributed by atoms with E-state index in [-0.39, 0.29) is 12.1 Å². The number of urea groups is 1. The van der Waals surface area contributed by atoms with Crippen molar-refractivity contribution < 1.29 is 4.79 Å². The van der Waals surface area contributed by atoms with Crippen molar-refractivity contribution in [3.05, 3.63) is 57.8 Å². The van der Waals surface area contributed by atoms with Gasteiger partial charge in [0.15, 0.2) is 0 Å². The lowest BCUT2D eigenvalue weighted by Crippen LogP contribution is -2.49. The maximum absolute atomic E-state index is 12.1. The van der Waals surface area contributed by atoms with Crippen molar-refractivity contribution in [1.82, 2.24) is 15.5 Å². The molecule has 24 heavy (non-hydrogen) atoms. The molecule has 2 atom stereocenters. The number of nitrogens with zero attached hydrogens (tertiary/aromatic N) is 1. The zero-order valence-electron chi connectivity index (χ0n) is 14.3. The zero-order chi connectivity index (χ0) is 16.9. The number of amides is 2. The summed E-state index contributed by atoms with van der Waals surface area (Å²) in [4.78, 5) is 14.5. The van der Waals surface area contributed by atoms with Gasteiger partial charge in [0, 0.05) is 25.2 Å². The van der Waals surface area contributed by atoms with Crippen LogP contribution in [0.25, 0.3) is 0 Å². The van der Waals surface area contributed by atoms with Crippen LogP contribution in [-0.4, -0.2) is 36.6 Å². The summed E-state index contributed by atoms with van der Waals surface area (Å²) in [5.74, 6) is 0. The van der Waals surface area contributed by atoms with E-state index >= 15 is 0 Å². The molecule has 128 valence electrons. The van der Waals surface area contributed by atoms with Crippen molar-refractivity contribution in [2.24, 2.45) is 0 Å². The standard InChI is InChI=1S/C19H25N3OS/c1-14(9-15-7-8-24-13-15)21-19(23)20-11-18-10-16-5-3-4-6-17(16)12-22(18)2/h3-8,13-14,18H,9-12H2,1-2H3,(H2,20,21,23)/t14-,18-/m0/s1. The summed E-state index contributed by atoms with van der Waals surface area (Å²) in [7, 11) is 2.12. The number of rotatable bonds is 5. The topological polar surface area (TPSA) is 44.4 Å². The van der Waals surface area contributed by atoms with Crippen LogP contribution in [-0.2, 0) is 19.4 Å². The van der Waals surface area contributed by atoms with Gasteiger partial charge >= 0.3 is 6.03 Å². The number of thiophene rings is 1. The maximum Gasteiger partial charge on any atom is 0.315 e. The van der Waals surface area contributed by atoms with Gasteiger partial charge in [0.05, 0.1) is 0 Å². The van der Waals surface area contributed by atoms with Crippen molar-refractivity contribution in [2.45, 2.75) is 38.4 Å². The molecule has 3 rings (SSSR count). The summed E-state index contributed by atoms with van der Waals surface area (Å²) in [6.07, 6.45) is 1.85. The van der Waals surface area contributed by atoms with Crippen molar-refractivity contribution in [2.75, 3.05) is 13.6 Å². The smallest absolute Gasteiger partial charge is 0.315 e. The lowest BCUT2D eigenvalue weighted by Gasteiger charge is -2.34. The predicted molar refractivity (Wildman–Crippen MR) is 99.4 cm³/mol. The Bertz CT molecular complexity index is 671. The number of benzene rings is 1. The predicted octanol–water partition coefficient (Wildman–Crippen LogP) is 3.04. The van der Waals surface area contributed by atoms with E-state index in [4.69, 9.17) is 0 Å². The molecule has 2 amide bonds. The zero-order valence-corrected chi connectivity index (χ0v) is 15.1. The number of carbonyl (C=O) groups is 1. The second-order valence-corrected chi connectivity index (χ2v) is 7.41. The highest BCUT2D eigenvalue weighted by atomic mass is 32.1. The minimum absolute atomic E-state index is 0.0787. The molecule has 2 N–H and O–H groups in total. The fourth-order valence-electron chi connectivity index (χ4n) is 3.25. The first-order valence-corrected chi connectivity index (χ1v) is 9.38. The van der Waals surface area contributed by atoms with Crippen molar-refractivity contribution in [1.29, 1.82) is 0 Å². The molecule has 0 saturated heterocycles. The summed E-state index contributed by atoms with van der Waals surface area (Å²) in [6.45, 7) is 3.65. The second kappa shape index (κ2) is 7.81. The van der Waals surface area contributed by atoms with Crippen LogP contribution < -0.4 is 10.6 Å². The first-order chi connectivity index (χ1) is 11.6. The second-order valence-electron chi connectivity index (χ2n) is 6.63. The average molecular weight is 343 g/mol. The fourth-order valence-corrected chi connectivity index (χ4v) is 3.93. The molecule has 0 unspecified atom stereocenters. The highest BCUT2D eigenvalue weighted by molar-refractivity contribution is 7.07. The highest BCUT2D eigenvalue weighted by Crippen LogP contribution is 2.21. The van der Waals surface area contributed by atoms with Crippen LogP contribution in [0, 0.1) is 0 Å². The maximum atomic E-state index is 12.1. The molecule has 0 radical (unpaired) electrons. The van der Waals surface area contributed by atoms with Crippen LogP contribution in [0.2, 0.25) is 0 Å². The summed E-state index contributed by atoms with van der Waals surface area (Å²) in [5.41, 5.74) is 4.06. The molecular weight excluding hydrogens is 318 g/mol. The van der Waals surface area contributed by atoms with E-state index in [2.05, 4.69) is 63.7 Å².